The maximum atomic E-state index is 10.5. The van der Waals surface area contributed by atoms with Crippen LogP contribution >= 0.6 is 0 Å². The third-order valence-electron chi connectivity index (χ3n) is 2.40. The second-order valence-corrected chi connectivity index (χ2v) is 3.51. The zero-order valence-electron chi connectivity index (χ0n) is 8.51. The zero-order valence-corrected chi connectivity index (χ0v) is 8.51. The van der Waals surface area contributed by atoms with Crippen LogP contribution < -0.4 is 0 Å². The lowest BCUT2D eigenvalue weighted by molar-refractivity contribution is -0.111. The quantitative estimate of drug-likeness (QED) is 0.402. The van der Waals surface area contributed by atoms with Gasteiger partial charge in [0.05, 0.1) is 0 Å². The monoisotopic (exact) mass is 170 g/mol. The Kier molecular flexibility index (Phi) is 8.52. The number of rotatable bonds is 8. The molecule has 0 aromatic carbocycles. The van der Waals surface area contributed by atoms with Gasteiger partial charge in [0.1, 0.15) is 6.29 Å². The van der Waals surface area contributed by atoms with Gasteiger partial charge in [-0.1, -0.05) is 46.0 Å². The first-order valence-electron chi connectivity index (χ1n) is 5.30. The Balaban J connectivity index is 3.12. The lowest BCUT2D eigenvalue weighted by Gasteiger charge is -2.05. The normalized spacial score (nSPS) is 12.8. The topological polar surface area (TPSA) is 17.1 Å². The van der Waals surface area contributed by atoms with Crippen LogP contribution in [0.25, 0.3) is 0 Å². The summed E-state index contributed by atoms with van der Waals surface area (Å²) in [5, 5.41) is 0. The van der Waals surface area contributed by atoms with Crippen LogP contribution in [0.2, 0.25) is 0 Å². The molecule has 0 radical (unpaired) electrons. The molecule has 0 fully saturated rings. The highest BCUT2D eigenvalue weighted by Crippen LogP contribution is 2.12. The Morgan fingerprint density at radius 2 is 1.75 bits per heavy atom. The van der Waals surface area contributed by atoms with E-state index < -0.39 is 0 Å². The number of hydrogen-bond donors (Lipinski definition) is 0. The van der Waals surface area contributed by atoms with Gasteiger partial charge in [0.15, 0.2) is 0 Å². The smallest absolute Gasteiger partial charge is 0.123 e. The van der Waals surface area contributed by atoms with Gasteiger partial charge in [0.25, 0.3) is 0 Å². The standard InChI is InChI=1S/C11H22O/c1-3-5-6-7-8-9-11(4-2)10-12/h10-11H,3-9H2,1-2H3. The molecule has 12 heavy (non-hydrogen) atoms. The van der Waals surface area contributed by atoms with E-state index in [1.807, 2.05) is 0 Å². The largest absolute Gasteiger partial charge is 0.303 e. The molecule has 0 aliphatic heterocycles. The van der Waals surface area contributed by atoms with E-state index in [1.165, 1.54) is 32.1 Å². The van der Waals surface area contributed by atoms with Gasteiger partial charge in [-0.3, -0.25) is 0 Å². The van der Waals surface area contributed by atoms with Gasteiger partial charge in [-0.25, -0.2) is 0 Å². The summed E-state index contributed by atoms with van der Waals surface area (Å²) in [5.74, 6) is 0.326. The molecule has 0 amide bonds. The van der Waals surface area contributed by atoms with Gasteiger partial charge in [0, 0.05) is 5.92 Å². The van der Waals surface area contributed by atoms with Crippen molar-refractivity contribution in [2.75, 3.05) is 0 Å². The molecule has 0 rings (SSSR count). The number of aldehydes is 1. The van der Waals surface area contributed by atoms with Crippen molar-refractivity contribution in [2.45, 2.75) is 58.8 Å². The minimum atomic E-state index is 0.326. The Bertz CT molecular complexity index is 99.2. The van der Waals surface area contributed by atoms with E-state index in [9.17, 15) is 4.79 Å². The SMILES string of the molecule is CCCCCCCC(C=O)CC. The molecule has 0 spiro atoms. The van der Waals surface area contributed by atoms with E-state index in [1.54, 1.807) is 0 Å². The van der Waals surface area contributed by atoms with Crippen molar-refractivity contribution in [1.82, 2.24) is 0 Å². The zero-order chi connectivity index (χ0) is 9.23. The second kappa shape index (κ2) is 8.76. The lowest BCUT2D eigenvalue weighted by Crippen LogP contribution is -1.99. The number of hydrogen-bond acceptors (Lipinski definition) is 1. The van der Waals surface area contributed by atoms with E-state index >= 15 is 0 Å². The van der Waals surface area contributed by atoms with Crippen LogP contribution in [-0.2, 0) is 4.79 Å². The Labute approximate surface area is 76.6 Å². The van der Waals surface area contributed by atoms with Gasteiger partial charge >= 0.3 is 0 Å². The molecule has 1 nitrogen and oxygen atoms in total. The molecule has 1 atom stereocenters. The fourth-order valence-electron chi connectivity index (χ4n) is 1.38. The van der Waals surface area contributed by atoms with Gasteiger partial charge in [-0.2, -0.15) is 0 Å². The summed E-state index contributed by atoms with van der Waals surface area (Å²) < 4.78 is 0. The highest BCUT2D eigenvalue weighted by Gasteiger charge is 2.02. The van der Waals surface area contributed by atoms with Crippen LogP contribution in [0.1, 0.15) is 58.8 Å². The lowest BCUT2D eigenvalue weighted by atomic mass is 10.00. The molecule has 0 saturated carbocycles. The van der Waals surface area contributed by atoms with Crippen molar-refractivity contribution in [1.29, 1.82) is 0 Å². The maximum Gasteiger partial charge on any atom is 0.123 e. The minimum absolute atomic E-state index is 0.326. The van der Waals surface area contributed by atoms with Crippen molar-refractivity contribution in [3.05, 3.63) is 0 Å². The first-order valence-corrected chi connectivity index (χ1v) is 5.30. The third kappa shape index (κ3) is 6.38. The predicted molar refractivity (Wildman–Crippen MR) is 53.2 cm³/mol. The fourth-order valence-corrected chi connectivity index (χ4v) is 1.38. The summed E-state index contributed by atoms with van der Waals surface area (Å²) in [6, 6.07) is 0. The number of unbranched alkanes of at least 4 members (excludes halogenated alkanes) is 4. The Hall–Kier alpha value is -0.330. The summed E-state index contributed by atoms with van der Waals surface area (Å²) in [4.78, 5) is 10.5. The van der Waals surface area contributed by atoms with Crippen molar-refractivity contribution < 1.29 is 4.79 Å². The van der Waals surface area contributed by atoms with Crippen LogP contribution in [0, 0.1) is 5.92 Å². The van der Waals surface area contributed by atoms with Gasteiger partial charge < -0.3 is 4.79 Å². The first-order chi connectivity index (χ1) is 5.85. The van der Waals surface area contributed by atoms with Gasteiger partial charge in [-0.05, 0) is 12.8 Å². The fraction of sp³-hybridized carbons (Fsp3) is 0.909. The van der Waals surface area contributed by atoms with Crippen LogP contribution in [0.15, 0.2) is 0 Å². The molecule has 72 valence electrons. The molecule has 0 aliphatic carbocycles. The number of carbonyl (C=O) groups excluding carboxylic acids is 1. The molecule has 1 unspecified atom stereocenters. The van der Waals surface area contributed by atoms with Crippen LogP contribution in [0.5, 0.6) is 0 Å². The second-order valence-electron chi connectivity index (χ2n) is 3.51. The molecule has 0 aliphatic rings. The Morgan fingerprint density at radius 1 is 1.08 bits per heavy atom. The summed E-state index contributed by atoms with van der Waals surface area (Å²) in [7, 11) is 0. The highest BCUT2D eigenvalue weighted by molar-refractivity contribution is 5.53. The first kappa shape index (κ1) is 11.7. The van der Waals surface area contributed by atoms with E-state index in [2.05, 4.69) is 13.8 Å². The van der Waals surface area contributed by atoms with Crippen molar-refractivity contribution >= 4 is 6.29 Å². The van der Waals surface area contributed by atoms with E-state index in [0.29, 0.717) is 5.92 Å². The molecule has 0 N–H and O–H groups in total. The van der Waals surface area contributed by atoms with Crippen LogP contribution in [0.3, 0.4) is 0 Å². The molecule has 0 aromatic heterocycles. The van der Waals surface area contributed by atoms with Crippen molar-refractivity contribution in [3.63, 3.8) is 0 Å². The molecule has 0 aromatic rings. The van der Waals surface area contributed by atoms with E-state index in [-0.39, 0.29) is 0 Å². The van der Waals surface area contributed by atoms with Crippen LogP contribution in [-0.4, -0.2) is 6.29 Å². The Morgan fingerprint density at radius 3 is 2.25 bits per heavy atom. The van der Waals surface area contributed by atoms with Crippen LogP contribution in [0.4, 0.5) is 0 Å². The molecule has 0 saturated heterocycles. The highest BCUT2D eigenvalue weighted by atomic mass is 16.1. The van der Waals surface area contributed by atoms with Gasteiger partial charge in [-0.15, -0.1) is 0 Å². The summed E-state index contributed by atoms with van der Waals surface area (Å²) >= 11 is 0. The van der Waals surface area contributed by atoms with E-state index in [4.69, 9.17) is 0 Å². The predicted octanol–water partition coefficient (Wildman–Crippen LogP) is 3.57. The summed E-state index contributed by atoms with van der Waals surface area (Å²) in [6.45, 7) is 4.31. The van der Waals surface area contributed by atoms with Crippen molar-refractivity contribution in [3.8, 4) is 0 Å². The third-order valence-corrected chi connectivity index (χ3v) is 2.40. The number of carbonyl (C=O) groups is 1. The molecule has 0 bridgehead atoms. The molecule has 0 heterocycles. The van der Waals surface area contributed by atoms with E-state index in [0.717, 1.165) is 19.1 Å². The summed E-state index contributed by atoms with van der Waals surface area (Å²) in [5.41, 5.74) is 0. The average molecular weight is 170 g/mol. The molecular formula is C11H22O. The minimum Gasteiger partial charge on any atom is -0.303 e. The average Bonchev–Trinajstić information content (AvgIpc) is 2.11. The summed E-state index contributed by atoms with van der Waals surface area (Å²) in [6.07, 6.45) is 9.74. The molecular weight excluding hydrogens is 148 g/mol. The maximum absolute atomic E-state index is 10.5. The molecule has 1 heteroatoms. The van der Waals surface area contributed by atoms with Crippen molar-refractivity contribution in [2.24, 2.45) is 5.92 Å². The van der Waals surface area contributed by atoms with Gasteiger partial charge in [0.2, 0.25) is 0 Å².